The maximum atomic E-state index is 12.7. The highest BCUT2D eigenvalue weighted by molar-refractivity contribution is 6.33. The lowest BCUT2D eigenvalue weighted by atomic mass is 9.76. The van der Waals surface area contributed by atoms with E-state index >= 15 is 0 Å². The Labute approximate surface area is 174 Å². The van der Waals surface area contributed by atoms with Crippen molar-refractivity contribution in [1.82, 2.24) is 10.6 Å². The molecule has 1 fully saturated rings. The van der Waals surface area contributed by atoms with Crippen molar-refractivity contribution in [1.29, 1.82) is 0 Å². The van der Waals surface area contributed by atoms with E-state index in [1.165, 1.54) is 21.1 Å². The Kier molecular flexibility index (Phi) is 7.61. The van der Waals surface area contributed by atoms with Crippen molar-refractivity contribution in [3.05, 3.63) is 34.9 Å². The molecule has 2 N–H and O–H groups in total. The quantitative estimate of drug-likeness (QED) is 0.674. The number of carbonyl (C=O) groups is 4. The van der Waals surface area contributed by atoms with Crippen molar-refractivity contribution < 1.29 is 28.7 Å². The van der Waals surface area contributed by atoms with Gasteiger partial charge in [-0.2, -0.15) is 0 Å². The highest BCUT2D eigenvalue weighted by atomic mass is 35.5. The van der Waals surface area contributed by atoms with Crippen LogP contribution in [-0.2, 0) is 23.9 Å². The Hall–Kier alpha value is -2.61. The van der Waals surface area contributed by atoms with Gasteiger partial charge in [0.25, 0.3) is 5.91 Å². The molecule has 8 nitrogen and oxygen atoms in total. The number of ether oxygens (including phenoxy) is 2. The van der Waals surface area contributed by atoms with Crippen molar-refractivity contribution in [3.8, 4) is 0 Å². The number of amides is 2. The van der Waals surface area contributed by atoms with Crippen molar-refractivity contribution in [2.45, 2.75) is 44.2 Å². The molecule has 29 heavy (non-hydrogen) atoms. The summed E-state index contributed by atoms with van der Waals surface area (Å²) in [5.41, 5.74) is -1.00. The minimum atomic E-state index is -1.25. The number of hydrogen-bond acceptors (Lipinski definition) is 6. The first-order valence-corrected chi connectivity index (χ1v) is 9.65. The van der Waals surface area contributed by atoms with Crippen LogP contribution < -0.4 is 10.6 Å². The molecule has 0 saturated heterocycles. The van der Waals surface area contributed by atoms with Crippen LogP contribution in [0.5, 0.6) is 0 Å². The lowest BCUT2D eigenvalue weighted by molar-refractivity contribution is -0.156. The van der Waals surface area contributed by atoms with Gasteiger partial charge in [-0.3, -0.25) is 14.4 Å². The minimum absolute atomic E-state index is 0.232. The first-order valence-electron chi connectivity index (χ1n) is 9.27. The zero-order chi connectivity index (χ0) is 21.6. The van der Waals surface area contributed by atoms with E-state index in [1.807, 2.05) is 0 Å². The fourth-order valence-electron chi connectivity index (χ4n) is 3.42. The van der Waals surface area contributed by atoms with Crippen LogP contribution in [0.1, 0.15) is 43.0 Å². The Bertz CT molecular complexity index is 789. The molecule has 2 rings (SSSR count). The van der Waals surface area contributed by atoms with E-state index in [-0.39, 0.29) is 35.3 Å². The van der Waals surface area contributed by atoms with E-state index in [1.54, 1.807) is 24.3 Å². The number of hydrogen-bond donors (Lipinski definition) is 2. The third-order valence-electron chi connectivity index (χ3n) is 5.17. The summed E-state index contributed by atoms with van der Waals surface area (Å²) in [7, 11) is 2.56. The van der Waals surface area contributed by atoms with Crippen LogP contribution in [-0.4, -0.2) is 49.6 Å². The van der Waals surface area contributed by atoms with Gasteiger partial charge >= 0.3 is 11.9 Å². The number of halogens is 1. The third kappa shape index (κ3) is 5.26. The molecule has 0 spiro atoms. The SMILES string of the molecule is COC(=O)C1CCC(NC(=O)C(C)NC(=O)c2ccccc2Cl)(C(=O)OC)CC1. The van der Waals surface area contributed by atoms with Gasteiger partial charge < -0.3 is 20.1 Å². The maximum Gasteiger partial charge on any atom is 0.331 e. The normalized spacial score (nSPS) is 22.1. The van der Waals surface area contributed by atoms with Gasteiger partial charge in [-0.15, -0.1) is 0 Å². The number of esters is 2. The van der Waals surface area contributed by atoms with Gasteiger partial charge in [0, 0.05) is 0 Å². The molecule has 0 heterocycles. The smallest absolute Gasteiger partial charge is 0.331 e. The van der Waals surface area contributed by atoms with Crippen molar-refractivity contribution in [3.63, 3.8) is 0 Å². The maximum absolute atomic E-state index is 12.7. The van der Waals surface area contributed by atoms with E-state index in [0.717, 1.165) is 0 Å². The van der Waals surface area contributed by atoms with Gasteiger partial charge in [-0.25, -0.2) is 4.79 Å². The van der Waals surface area contributed by atoms with Gasteiger partial charge in [0.15, 0.2) is 0 Å². The number of methoxy groups -OCH3 is 2. The number of carbonyl (C=O) groups excluding carboxylic acids is 4. The van der Waals surface area contributed by atoms with Crippen molar-refractivity contribution >= 4 is 35.4 Å². The lowest BCUT2D eigenvalue weighted by Crippen LogP contribution is -2.60. The molecule has 1 aliphatic carbocycles. The summed E-state index contributed by atoms with van der Waals surface area (Å²) in [6.07, 6.45) is 1.22. The molecule has 0 aromatic heterocycles. The standard InChI is InChI=1S/C20H25ClN2O6/c1-12(22-17(25)14-6-4-5-7-15(14)21)16(24)23-20(19(27)29-3)10-8-13(9-11-20)18(26)28-2/h4-7,12-13H,8-11H2,1-3H3,(H,22,25)(H,23,24). The second-order valence-corrected chi connectivity index (χ2v) is 7.44. The van der Waals surface area contributed by atoms with E-state index in [4.69, 9.17) is 21.1 Å². The van der Waals surface area contributed by atoms with Crippen LogP contribution in [0.3, 0.4) is 0 Å². The van der Waals surface area contributed by atoms with Gasteiger partial charge in [0.1, 0.15) is 11.6 Å². The number of rotatable bonds is 6. The zero-order valence-electron chi connectivity index (χ0n) is 16.6. The molecule has 1 aromatic rings. The lowest BCUT2D eigenvalue weighted by Gasteiger charge is -2.38. The fourth-order valence-corrected chi connectivity index (χ4v) is 3.64. The zero-order valence-corrected chi connectivity index (χ0v) is 17.4. The highest BCUT2D eigenvalue weighted by Crippen LogP contribution is 2.34. The fraction of sp³-hybridized carbons (Fsp3) is 0.500. The molecule has 0 bridgehead atoms. The van der Waals surface area contributed by atoms with Gasteiger partial charge in [0.2, 0.25) is 5.91 Å². The molecule has 9 heteroatoms. The number of benzene rings is 1. The summed E-state index contributed by atoms with van der Waals surface area (Å²) in [5, 5.41) is 5.56. The largest absolute Gasteiger partial charge is 0.469 e. The first kappa shape index (κ1) is 22.7. The summed E-state index contributed by atoms with van der Waals surface area (Å²) < 4.78 is 9.65. The predicted octanol–water partition coefficient (Wildman–Crippen LogP) is 1.85. The highest BCUT2D eigenvalue weighted by Gasteiger charge is 2.46. The Morgan fingerprint density at radius 2 is 1.72 bits per heavy atom. The summed E-state index contributed by atoms with van der Waals surface area (Å²) in [6, 6.07) is 5.57. The summed E-state index contributed by atoms with van der Waals surface area (Å²) in [5.74, 6) is -2.28. The van der Waals surface area contributed by atoms with Crippen LogP contribution in [0.4, 0.5) is 0 Å². The number of nitrogens with one attached hydrogen (secondary N) is 2. The molecule has 0 aliphatic heterocycles. The summed E-state index contributed by atoms with van der Waals surface area (Å²) in [6.45, 7) is 1.51. The summed E-state index contributed by atoms with van der Waals surface area (Å²) in [4.78, 5) is 49.2. The monoisotopic (exact) mass is 424 g/mol. The molecular weight excluding hydrogens is 400 g/mol. The molecule has 1 aliphatic rings. The van der Waals surface area contributed by atoms with E-state index in [9.17, 15) is 19.2 Å². The topological polar surface area (TPSA) is 111 Å². The van der Waals surface area contributed by atoms with Crippen LogP contribution >= 0.6 is 11.6 Å². The molecule has 1 saturated carbocycles. The molecule has 0 radical (unpaired) electrons. The van der Waals surface area contributed by atoms with E-state index in [2.05, 4.69) is 10.6 Å². The van der Waals surface area contributed by atoms with E-state index in [0.29, 0.717) is 12.8 Å². The van der Waals surface area contributed by atoms with Gasteiger partial charge in [0.05, 0.1) is 30.7 Å². The van der Waals surface area contributed by atoms with Crippen molar-refractivity contribution in [2.75, 3.05) is 14.2 Å². The van der Waals surface area contributed by atoms with E-state index < -0.39 is 29.4 Å². The molecule has 1 aromatic carbocycles. The van der Waals surface area contributed by atoms with Crippen molar-refractivity contribution in [2.24, 2.45) is 5.92 Å². The average Bonchev–Trinajstić information content (AvgIpc) is 2.73. The van der Waals surface area contributed by atoms with Gasteiger partial charge in [-0.05, 0) is 44.7 Å². The van der Waals surface area contributed by atoms with Gasteiger partial charge in [-0.1, -0.05) is 23.7 Å². The molecule has 1 atom stereocenters. The predicted molar refractivity (Wildman–Crippen MR) is 105 cm³/mol. The first-order chi connectivity index (χ1) is 13.7. The third-order valence-corrected chi connectivity index (χ3v) is 5.50. The van der Waals surface area contributed by atoms with Crippen LogP contribution in [0.2, 0.25) is 5.02 Å². The minimum Gasteiger partial charge on any atom is -0.469 e. The molecule has 158 valence electrons. The second kappa shape index (κ2) is 9.73. The Morgan fingerprint density at radius 1 is 1.10 bits per heavy atom. The Balaban J connectivity index is 2.06. The Morgan fingerprint density at radius 3 is 2.28 bits per heavy atom. The van der Waals surface area contributed by atoms with Crippen LogP contribution in [0.25, 0.3) is 0 Å². The molecule has 1 unspecified atom stereocenters. The van der Waals surface area contributed by atoms with Crippen LogP contribution in [0, 0.1) is 5.92 Å². The molecule has 2 amide bonds. The van der Waals surface area contributed by atoms with Crippen LogP contribution in [0.15, 0.2) is 24.3 Å². The summed E-state index contributed by atoms with van der Waals surface area (Å²) >= 11 is 6.01. The average molecular weight is 425 g/mol. The molecular formula is C20H25ClN2O6. The second-order valence-electron chi connectivity index (χ2n) is 7.04.